The van der Waals surface area contributed by atoms with E-state index in [0.29, 0.717) is 11.3 Å². The number of aromatic nitrogens is 3. The van der Waals surface area contributed by atoms with Crippen LogP contribution in [0.4, 0.5) is 0 Å². The zero-order chi connectivity index (χ0) is 13.1. The van der Waals surface area contributed by atoms with Crippen molar-refractivity contribution in [3.63, 3.8) is 0 Å². The molecule has 2 rings (SSSR count). The quantitative estimate of drug-likeness (QED) is 0.592. The lowest BCUT2D eigenvalue weighted by molar-refractivity contribution is 0.350. The highest BCUT2D eigenvalue weighted by atomic mass is 16.2. The van der Waals surface area contributed by atoms with E-state index >= 15 is 0 Å². The lowest BCUT2D eigenvalue weighted by atomic mass is 10.1. The molecule has 1 heterocycles. The van der Waals surface area contributed by atoms with Crippen molar-refractivity contribution in [2.24, 2.45) is 0 Å². The van der Waals surface area contributed by atoms with Gasteiger partial charge in [0.1, 0.15) is 6.61 Å². The number of rotatable bonds is 1. The van der Waals surface area contributed by atoms with Crippen molar-refractivity contribution in [1.29, 1.82) is 0 Å². The summed E-state index contributed by atoms with van der Waals surface area (Å²) < 4.78 is 0.976. The minimum absolute atomic E-state index is 0.242. The number of aryl methyl sites for hydroxylation is 1. The molecule has 0 atom stereocenters. The molecule has 18 heavy (non-hydrogen) atoms. The number of benzene rings is 1. The molecule has 1 aromatic heterocycles. The summed E-state index contributed by atoms with van der Waals surface area (Å²) >= 11 is 0. The van der Waals surface area contributed by atoms with Crippen LogP contribution in [0.5, 0.6) is 0 Å². The molecule has 0 aliphatic heterocycles. The highest BCUT2D eigenvalue weighted by Crippen LogP contribution is 2.11. The topological polar surface area (TPSA) is 90.9 Å². The Balaban J connectivity index is 2.61. The zero-order valence-electron chi connectivity index (χ0n) is 9.65. The molecule has 0 aliphatic carbocycles. The van der Waals surface area contributed by atoms with E-state index in [1.165, 1.54) is 0 Å². The predicted molar refractivity (Wildman–Crippen MR) is 65.7 cm³/mol. The van der Waals surface area contributed by atoms with Crippen LogP contribution in [0, 0.1) is 18.8 Å². The molecule has 0 bridgehead atoms. The molecule has 6 nitrogen and oxygen atoms in total. The van der Waals surface area contributed by atoms with Crippen molar-refractivity contribution in [3.8, 4) is 17.5 Å². The van der Waals surface area contributed by atoms with Gasteiger partial charge in [0.25, 0.3) is 0 Å². The van der Waals surface area contributed by atoms with Crippen molar-refractivity contribution in [1.82, 2.24) is 14.8 Å². The SMILES string of the molecule is Cc1ccc(-n2c(=O)[nH][nH]c2=O)cc1C#CCO. The van der Waals surface area contributed by atoms with E-state index < -0.39 is 11.4 Å². The molecule has 92 valence electrons. The van der Waals surface area contributed by atoms with E-state index in [0.717, 1.165) is 10.1 Å². The second-order valence-electron chi connectivity index (χ2n) is 3.65. The molecule has 2 aromatic rings. The van der Waals surface area contributed by atoms with Gasteiger partial charge in [0.05, 0.1) is 5.69 Å². The van der Waals surface area contributed by atoms with Crippen molar-refractivity contribution < 1.29 is 5.11 Å². The Kier molecular flexibility index (Phi) is 3.17. The normalized spacial score (nSPS) is 9.89. The monoisotopic (exact) mass is 245 g/mol. The van der Waals surface area contributed by atoms with Gasteiger partial charge in [-0.05, 0) is 24.6 Å². The fourth-order valence-corrected chi connectivity index (χ4v) is 1.56. The number of nitrogens with zero attached hydrogens (tertiary/aromatic N) is 1. The van der Waals surface area contributed by atoms with E-state index in [1.54, 1.807) is 18.2 Å². The molecule has 0 spiro atoms. The lowest BCUT2D eigenvalue weighted by Gasteiger charge is -2.03. The Labute approximate surface area is 102 Å². The first-order valence-electron chi connectivity index (χ1n) is 5.24. The Morgan fingerprint density at radius 1 is 1.28 bits per heavy atom. The van der Waals surface area contributed by atoms with E-state index in [1.807, 2.05) is 6.92 Å². The smallest absolute Gasteiger partial charge is 0.348 e. The van der Waals surface area contributed by atoms with Crippen LogP contribution in [-0.2, 0) is 0 Å². The summed E-state index contributed by atoms with van der Waals surface area (Å²) in [5.41, 5.74) is 0.916. The fourth-order valence-electron chi connectivity index (χ4n) is 1.56. The number of H-pyrrole nitrogens is 2. The first kappa shape index (κ1) is 12.0. The van der Waals surface area contributed by atoms with Gasteiger partial charge in [-0.2, -0.15) is 0 Å². The number of nitrogens with one attached hydrogen (secondary N) is 2. The molecule has 0 saturated heterocycles. The van der Waals surface area contributed by atoms with Gasteiger partial charge < -0.3 is 5.11 Å². The third-order valence-electron chi connectivity index (χ3n) is 2.46. The average Bonchev–Trinajstić information content (AvgIpc) is 2.68. The van der Waals surface area contributed by atoms with Gasteiger partial charge in [0.2, 0.25) is 0 Å². The summed E-state index contributed by atoms with van der Waals surface area (Å²) in [4.78, 5) is 22.9. The highest BCUT2D eigenvalue weighted by molar-refractivity contribution is 5.48. The van der Waals surface area contributed by atoms with Crippen LogP contribution in [0.15, 0.2) is 27.8 Å². The summed E-state index contributed by atoms with van der Waals surface area (Å²) in [6, 6.07) is 5.04. The molecule has 0 amide bonds. The minimum Gasteiger partial charge on any atom is -0.384 e. The van der Waals surface area contributed by atoms with Crippen LogP contribution in [0.2, 0.25) is 0 Å². The Morgan fingerprint density at radius 2 is 1.94 bits per heavy atom. The third kappa shape index (κ3) is 2.12. The van der Waals surface area contributed by atoms with Crippen molar-refractivity contribution >= 4 is 0 Å². The molecule has 0 saturated carbocycles. The van der Waals surface area contributed by atoms with Gasteiger partial charge in [-0.25, -0.2) is 24.4 Å². The van der Waals surface area contributed by atoms with Crippen LogP contribution in [0.3, 0.4) is 0 Å². The number of hydrogen-bond acceptors (Lipinski definition) is 3. The molecule has 6 heteroatoms. The Hall–Kier alpha value is -2.52. The van der Waals surface area contributed by atoms with E-state index in [2.05, 4.69) is 22.0 Å². The maximum Gasteiger partial charge on any atom is 0.348 e. The van der Waals surface area contributed by atoms with Gasteiger partial charge in [0.15, 0.2) is 0 Å². The third-order valence-corrected chi connectivity index (χ3v) is 2.46. The molecule has 0 radical (unpaired) electrons. The molecule has 0 unspecified atom stereocenters. The highest BCUT2D eigenvalue weighted by Gasteiger charge is 2.07. The summed E-state index contributed by atoms with van der Waals surface area (Å²) in [6.07, 6.45) is 0. The minimum atomic E-state index is -0.537. The van der Waals surface area contributed by atoms with Gasteiger partial charge >= 0.3 is 11.4 Å². The molecular formula is C12H11N3O3. The summed E-state index contributed by atoms with van der Waals surface area (Å²) in [7, 11) is 0. The summed E-state index contributed by atoms with van der Waals surface area (Å²) in [6.45, 7) is 1.61. The molecule has 0 aliphatic rings. The van der Waals surface area contributed by atoms with Crippen LogP contribution >= 0.6 is 0 Å². The standard InChI is InChI=1S/C12H11N3O3/c1-8-4-5-10(7-9(8)3-2-6-16)15-11(17)13-14-12(15)18/h4-5,7,16H,6H2,1H3,(H,13,17)(H,14,18). The molecule has 1 aromatic carbocycles. The summed E-state index contributed by atoms with van der Waals surface area (Å²) in [5, 5.41) is 13.1. The first-order valence-corrected chi connectivity index (χ1v) is 5.24. The van der Waals surface area contributed by atoms with Gasteiger partial charge in [0, 0.05) is 5.56 Å². The molecule has 0 fully saturated rings. The van der Waals surface area contributed by atoms with Gasteiger partial charge in [-0.15, -0.1) is 0 Å². The lowest BCUT2D eigenvalue weighted by Crippen LogP contribution is -2.24. The second-order valence-corrected chi connectivity index (χ2v) is 3.65. The fraction of sp³-hybridized carbons (Fsp3) is 0.167. The van der Waals surface area contributed by atoms with Crippen LogP contribution in [0.1, 0.15) is 11.1 Å². The van der Waals surface area contributed by atoms with Gasteiger partial charge in [-0.3, -0.25) is 0 Å². The van der Waals surface area contributed by atoms with E-state index in [9.17, 15) is 9.59 Å². The van der Waals surface area contributed by atoms with Crippen molar-refractivity contribution in [2.75, 3.05) is 6.61 Å². The molecular weight excluding hydrogens is 234 g/mol. The Bertz CT molecular complexity index is 713. The van der Waals surface area contributed by atoms with E-state index in [4.69, 9.17) is 5.11 Å². The van der Waals surface area contributed by atoms with Crippen LogP contribution < -0.4 is 11.4 Å². The van der Waals surface area contributed by atoms with Crippen LogP contribution in [0.25, 0.3) is 5.69 Å². The Morgan fingerprint density at radius 3 is 2.56 bits per heavy atom. The van der Waals surface area contributed by atoms with Crippen molar-refractivity contribution in [2.45, 2.75) is 6.92 Å². The average molecular weight is 245 g/mol. The zero-order valence-corrected chi connectivity index (χ0v) is 9.65. The van der Waals surface area contributed by atoms with Crippen LogP contribution in [-0.4, -0.2) is 26.5 Å². The molecule has 3 N–H and O–H groups in total. The first-order chi connectivity index (χ1) is 8.63. The number of aliphatic hydroxyl groups excluding tert-OH is 1. The van der Waals surface area contributed by atoms with Crippen molar-refractivity contribution in [3.05, 3.63) is 50.3 Å². The number of hydrogen-bond donors (Lipinski definition) is 3. The predicted octanol–water partition coefficient (Wildman–Crippen LogP) is -0.494. The summed E-state index contributed by atoms with van der Waals surface area (Å²) in [5.74, 6) is 5.30. The number of aliphatic hydroxyl groups is 1. The second kappa shape index (κ2) is 4.77. The van der Waals surface area contributed by atoms with E-state index in [-0.39, 0.29) is 6.61 Å². The number of aromatic amines is 2. The maximum atomic E-state index is 11.5. The maximum absolute atomic E-state index is 11.5. The van der Waals surface area contributed by atoms with Gasteiger partial charge in [-0.1, -0.05) is 17.9 Å². The largest absolute Gasteiger partial charge is 0.384 e.